The second-order valence-electron chi connectivity index (χ2n) is 5.04. The van der Waals surface area contributed by atoms with Gasteiger partial charge in [0.1, 0.15) is 5.75 Å². The summed E-state index contributed by atoms with van der Waals surface area (Å²) in [6, 6.07) is 15.0. The fourth-order valence-electron chi connectivity index (χ4n) is 2.35. The van der Waals surface area contributed by atoms with Crippen LogP contribution in [0.25, 0.3) is 0 Å². The minimum Gasteiger partial charge on any atom is -0.496 e. The van der Waals surface area contributed by atoms with Gasteiger partial charge in [-0.1, -0.05) is 31.2 Å². The van der Waals surface area contributed by atoms with Crippen molar-refractivity contribution in [3.05, 3.63) is 53.6 Å². The zero-order valence-electron chi connectivity index (χ0n) is 13.1. The van der Waals surface area contributed by atoms with Crippen LogP contribution in [0.5, 0.6) is 5.75 Å². The Morgan fingerprint density at radius 3 is 2.67 bits per heavy atom. The van der Waals surface area contributed by atoms with Crippen LogP contribution in [0.3, 0.4) is 0 Å². The first-order valence-electron chi connectivity index (χ1n) is 7.28. The van der Waals surface area contributed by atoms with Crippen molar-refractivity contribution in [2.45, 2.75) is 31.7 Å². The number of para-hydroxylation sites is 1. The summed E-state index contributed by atoms with van der Waals surface area (Å²) in [7, 11) is 1.73. The topological polar surface area (TPSA) is 21.3 Å². The molecule has 0 amide bonds. The van der Waals surface area contributed by atoms with Gasteiger partial charge < -0.3 is 10.1 Å². The Hall–Kier alpha value is -1.61. The second-order valence-corrected chi connectivity index (χ2v) is 6.35. The fraction of sp³-hybridized carbons (Fsp3) is 0.333. The van der Waals surface area contributed by atoms with Crippen LogP contribution in [0.4, 0.5) is 5.69 Å². The zero-order chi connectivity index (χ0) is 15.2. The number of benzene rings is 2. The first kappa shape index (κ1) is 15.8. The number of methoxy groups -OCH3 is 1. The summed E-state index contributed by atoms with van der Waals surface area (Å²) in [4.78, 5) is 1.29. The Kier molecular flexibility index (Phi) is 5.57. The van der Waals surface area contributed by atoms with Crippen LogP contribution in [0.1, 0.15) is 31.0 Å². The van der Waals surface area contributed by atoms with Gasteiger partial charge in [-0.15, -0.1) is 11.8 Å². The van der Waals surface area contributed by atoms with E-state index < -0.39 is 0 Å². The number of hydrogen-bond donors (Lipinski definition) is 1. The van der Waals surface area contributed by atoms with Crippen molar-refractivity contribution in [1.29, 1.82) is 0 Å². The molecular formula is C18H23NOS. The SMILES string of the molecule is CCSc1ccccc1NC(C)c1ccc(C)cc1OC. The lowest BCUT2D eigenvalue weighted by molar-refractivity contribution is 0.407. The average Bonchev–Trinajstić information content (AvgIpc) is 2.49. The highest BCUT2D eigenvalue weighted by molar-refractivity contribution is 7.99. The fourth-order valence-corrected chi connectivity index (χ4v) is 3.12. The van der Waals surface area contributed by atoms with E-state index in [9.17, 15) is 0 Å². The zero-order valence-corrected chi connectivity index (χ0v) is 14.0. The molecule has 0 heterocycles. The molecule has 1 N–H and O–H groups in total. The van der Waals surface area contributed by atoms with Crippen LogP contribution in [0.2, 0.25) is 0 Å². The van der Waals surface area contributed by atoms with E-state index >= 15 is 0 Å². The number of ether oxygens (including phenoxy) is 1. The number of anilines is 1. The van der Waals surface area contributed by atoms with E-state index in [1.165, 1.54) is 21.7 Å². The molecule has 0 aliphatic rings. The standard InChI is InChI=1S/C18H23NOS/c1-5-21-18-9-7-6-8-16(18)19-14(3)15-11-10-13(2)12-17(15)20-4/h6-12,14,19H,5H2,1-4H3. The molecule has 0 saturated carbocycles. The molecule has 0 bridgehead atoms. The maximum atomic E-state index is 5.52. The number of hydrogen-bond acceptors (Lipinski definition) is 3. The average molecular weight is 301 g/mol. The summed E-state index contributed by atoms with van der Waals surface area (Å²) >= 11 is 1.86. The molecule has 112 valence electrons. The van der Waals surface area contributed by atoms with Gasteiger partial charge in [-0.3, -0.25) is 0 Å². The first-order chi connectivity index (χ1) is 10.2. The largest absolute Gasteiger partial charge is 0.496 e. The van der Waals surface area contributed by atoms with Gasteiger partial charge in [0, 0.05) is 16.1 Å². The summed E-state index contributed by atoms with van der Waals surface area (Å²) < 4.78 is 5.52. The van der Waals surface area contributed by atoms with Crippen LogP contribution in [-0.4, -0.2) is 12.9 Å². The number of thioether (sulfide) groups is 1. The summed E-state index contributed by atoms with van der Waals surface area (Å²) in [5.41, 5.74) is 3.57. The van der Waals surface area contributed by atoms with Gasteiger partial charge in [0.05, 0.1) is 13.2 Å². The number of rotatable bonds is 6. The molecule has 0 saturated heterocycles. The van der Waals surface area contributed by atoms with E-state index in [4.69, 9.17) is 4.74 Å². The molecule has 0 aliphatic heterocycles. The molecular weight excluding hydrogens is 278 g/mol. The van der Waals surface area contributed by atoms with Crippen LogP contribution >= 0.6 is 11.8 Å². The maximum Gasteiger partial charge on any atom is 0.124 e. The van der Waals surface area contributed by atoms with Crippen LogP contribution in [0, 0.1) is 6.92 Å². The van der Waals surface area contributed by atoms with Crippen molar-refractivity contribution >= 4 is 17.4 Å². The summed E-state index contributed by atoms with van der Waals surface area (Å²) in [5, 5.41) is 3.60. The predicted molar refractivity (Wildman–Crippen MR) is 92.6 cm³/mol. The van der Waals surface area contributed by atoms with Crippen LogP contribution in [0.15, 0.2) is 47.4 Å². The molecule has 3 heteroatoms. The molecule has 21 heavy (non-hydrogen) atoms. The highest BCUT2D eigenvalue weighted by Gasteiger charge is 2.13. The lowest BCUT2D eigenvalue weighted by Gasteiger charge is -2.20. The van der Waals surface area contributed by atoms with Crippen molar-refractivity contribution in [3.8, 4) is 5.75 Å². The van der Waals surface area contributed by atoms with Crippen molar-refractivity contribution < 1.29 is 4.74 Å². The van der Waals surface area contributed by atoms with Crippen molar-refractivity contribution in [2.24, 2.45) is 0 Å². The van der Waals surface area contributed by atoms with Gasteiger partial charge in [0.15, 0.2) is 0 Å². The lowest BCUT2D eigenvalue weighted by Crippen LogP contribution is -2.09. The second kappa shape index (κ2) is 7.41. The monoisotopic (exact) mass is 301 g/mol. The molecule has 0 aromatic heterocycles. The molecule has 0 radical (unpaired) electrons. The third-order valence-electron chi connectivity index (χ3n) is 3.41. The molecule has 0 spiro atoms. The smallest absolute Gasteiger partial charge is 0.124 e. The van der Waals surface area contributed by atoms with E-state index in [1.54, 1.807) is 7.11 Å². The minimum absolute atomic E-state index is 0.194. The number of nitrogens with one attached hydrogen (secondary N) is 1. The van der Waals surface area contributed by atoms with Gasteiger partial charge >= 0.3 is 0 Å². The third kappa shape index (κ3) is 3.94. The Balaban J connectivity index is 2.24. The van der Waals surface area contributed by atoms with E-state index in [-0.39, 0.29) is 6.04 Å². The van der Waals surface area contributed by atoms with Crippen molar-refractivity contribution in [3.63, 3.8) is 0 Å². The summed E-state index contributed by atoms with van der Waals surface area (Å²) in [6.45, 7) is 6.42. The highest BCUT2D eigenvalue weighted by Crippen LogP contribution is 2.32. The Labute approximate surface area is 131 Å². The molecule has 1 atom stereocenters. The van der Waals surface area contributed by atoms with Gasteiger partial charge in [-0.05, 0) is 43.4 Å². The van der Waals surface area contributed by atoms with Gasteiger partial charge in [-0.25, -0.2) is 0 Å². The Morgan fingerprint density at radius 1 is 1.19 bits per heavy atom. The van der Waals surface area contributed by atoms with Crippen LogP contribution in [-0.2, 0) is 0 Å². The Morgan fingerprint density at radius 2 is 1.95 bits per heavy atom. The van der Waals surface area contributed by atoms with Gasteiger partial charge in [0.25, 0.3) is 0 Å². The minimum atomic E-state index is 0.194. The molecule has 0 fully saturated rings. The van der Waals surface area contributed by atoms with E-state index in [2.05, 4.69) is 68.6 Å². The van der Waals surface area contributed by atoms with E-state index in [0.717, 1.165) is 11.5 Å². The van der Waals surface area contributed by atoms with Gasteiger partial charge in [0.2, 0.25) is 0 Å². The van der Waals surface area contributed by atoms with Crippen LogP contribution < -0.4 is 10.1 Å². The first-order valence-corrected chi connectivity index (χ1v) is 8.27. The molecule has 2 aromatic carbocycles. The quantitative estimate of drug-likeness (QED) is 0.733. The maximum absolute atomic E-state index is 5.52. The lowest BCUT2D eigenvalue weighted by atomic mass is 10.0. The highest BCUT2D eigenvalue weighted by atomic mass is 32.2. The predicted octanol–water partition coefficient (Wildman–Crippen LogP) is 5.29. The van der Waals surface area contributed by atoms with E-state index in [1.807, 2.05) is 11.8 Å². The molecule has 2 rings (SSSR count). The number of aryl methyl sites for hydroxylation is 1. The third-order valence-corrected chi connectivity index (χ3v) is 4.37. The van der Waals surface area contributed by atoms with Crippen molar-refractivity contribution in [2.75, 3.05) is 18.2 Å². The Bertz CT molecular complexity index is 598. The van der Waals surface area contributed by atoms with Crippen molar-refractivity contribution in [1.82, 2.24) is 0 Å². The molecule has 1 unspecified atom stereocenters. The summed E-state index contributed by atoms with van der Waals surface area (Å²) in [5.74, 6) is 2.01. The normalized spacial score (nSPS) is 12.0. The molecule has 2 aromatic rings. The molecule has 0 aliphatic carbocycles. The molecule has 2 nitrogen and oxygen atoms in total. The summed E-state index contributed by atoms with van der Waals surface area (Å²) in [6.07, 6.45) is 0. The van der Waals surface area contributed by atoms with E-state index in [0.29, 0.717) is 0 Å². The van der Waals surface area contributed by atoms with Gasteiger partial charge in [-0.2, -0.15) is 0 Å².